The Hall–Kier alpha value is -2.25. The SMILES string of the molecule is O=C(O)CCC(=O)n1cc(F)c(=O)[nH]c1=O. The molecule has 7 nitrogen and oxygen atoms in total. The second-order valence-corrected chi connectivity index (χ2v) is 2.89. The minimum atomic E-state index is -1.29. The van der Waals surface area contributed by atoms with Gasteiger partial charge in [-0.25, -0.2) is 9.36 Å². The summed E-state index contributed by atoms with van der Waals surface area (Å²) in [5, 5.41) is 8.31. The Balaban J connectivity index is 3.01. The van der Waals surface area contributed by atoms with Crippen molar-refractivity contribution in [3.05, 3.63) is 32.9 Å². The highest BCUT2D eigenvalue weighted by atomic mass is 19.1. The first kappa shape index (κ1) is 11.8. The van der Waals surface area contributed by atoms with Crippen LogP contribution in [0.5, 0.6) is 0 Å². The van der Waals surface area contributed by atoms with E-state index in [-0.39, 0.29) is 0 Å². The standard InChI is InChI=1S/C8H7FN2O5/c9-4-3-11(8(16)10-7(4)15)5(12)1-2-6(13)14/h3H,1-2H2,(H,13,14)(H,10,15,16). The van der Waals surface area contributed by atoms with Crippen molar-refractivity contribution < 1.29 is 19.1 Å². The first-order valence-corrected chi connectivity index (χ1v) is 4.18. The van der Waals surface area contributed by atoms with E-state index in [4.69, 9.17) is 5.11 Å². The molecular weight excluding hydrogens is 223 g/mol. The van der Waals surface area contributed by atoms with Crippen LogP contribution in [-0.2, 0) is 4.79 Å². The number of carbonyl (C=O) groups is 2. The normalized spacial score (nSPS) is 10.1. The average Bonchev–Trinajstić information content (AvgIpc) is 2.20. The van der Waals surface area contributed by atoms with Crippen molar-refractivity contribution >= 4 is 11.9 Å². The van der Waals surface area contributed by atoms with Gasteiger partial charge in [-0.05, 0) is 0 Å². The summed E-state index contributed by atoms with van der Waals surface area (Å²) in [5.41, 5.74) is -2.32. The van der Waals surface area contributed by atoms with E-state index in [1.54, 1.807) is 4.98 Å². The third kappa shape index (κ3) is 2.62. The van der Waals surface area contributed by atoms with E-state index >= 15 is 0 Å². The van der Waals surface area contributed by atoms with Crippen LogP contribution >= 0.6 is 0 Å². The summed E-state index contributed by atoms with van der Waals surface area (Å²) >= 11 is 0. The molecule has 0 saturated carbocycles. The second kappa shape index (κ2) is 4.51. The molecular formula is C8H7FN2O5. The number of aromatic amines is 1. The molecule has 0 saturated heterocycles. The highest BCUT2D eigenvalue weighted by Crippen LogP contribution is 1.93. The zero-order valence-corrected chi connectivity index (χ0v) is 7.90. The number of carbonyl (C=O) groups excluding carboxylic acids is 1. The lowest BCUT2D eigenvalue weighted by atomic mass is 10.3. The van der Waals surface area contributed by atoms with Crippen molar-refractivity contribution in [3.8, 4) is 0 Å². The van der Waals surface area contributed by atoms with Gasteiger partial charge in [-0.3, -0.25) is 19.4 Å². The molecule has 16 heavy (non-hydrogen) atoms. The Morgan fingerprint density at radius 2 is 2.00 bits per heavy atom. The minimum absolute atomic E-state index is 0.333. The number of rotatable bonds is 3. The third-order valence-electron chi connectivity index (χ3n) is 1.72. The maximum atomic E-state index is 12.7. The number of hydrogen-bond donors (Lipinski definition) is 2. The van der Waals surface area contributed by atoms with E-state index < -0.39 is 41.8 Å². The van der Waals surface area contributed by atoms with E-state index in [1.165, 1.54) is 0 Å². The molecule has 1 aromatic rings. The molecule has 0 atom stereocenters. The average molecular weight is 230 g/mol. The van der Waals surface area contributed by atoms with Crippen LogP contribution < -0.4 is 11.2 Å². The van der Waals surface area contributed by atoms with Crippen LogP contribution in [-0.4, -0.2) is 26.5 Å². The van der Waals surface area contributed by atoms with Crippen molar-refractivity contribution in [1.29, 1.82) is 0 Å². The number of carboxylic acids is 1. The molecule has 0 aliphatic heterocycles. The smallest absolute Gasteiger partial charge is 0.335 e. The molecule has 0 fully saturated rings. The van der Waals surface area contributed by atoms with Crippen LogP contribution in [0.15, 0.2) is 15.8 Å². The minimum Gasteiger partial charge on any atom is -0.481 e. The molecule has 0 spiro atoms. The lowest BCUT2D eigenvalue weighted by molar-refractivity contribution is -0.136. The molecule has 0 radical (unpaired) electrons. The zero-order valence-electron chi connectivity index (χ0n) is 7.90. The lowest BCUT2D eigenvalue weighted by Gasteiger charge is -2.01. The molecule has 1 rings (SSSR count). The van der Waals surface area contributed by atoms with E-state index in [1.807, 2.05) is 0 Å². The molecule has 0 bridgehead atoms. The number of hydrogen-bond acceptors (Lipinski definition) is 4. The van der Waals surface area contributed by atoms with E-state index in [9.17, 15) is 23.6 Å². The Labute approximate surface area is 87.1 Å². The highest BCUT2D eigenvalue weighted by molar-refractivity contribution is 5.82. The first-order valence-electron chi connectivity index (χ1n) is 4.18. The number of halogens is 1. The number of nitrogens with zero attached hydrogens (tertiary/aromatic N) is 1. The van der Waals surface area contributed by atoms with Gasteiger partial charge >= 0.3 is 11.7 Å². The Morgan fingerprint density at radius 1 is 1.38 bits per heavy atom. The Morgan fingerprint density at radius 3 is 2.56 bits per heavy atom. The van der Waals surface area contributed by atoms with Crippen molar-refractivity contribution in [2.45, 2.75) is 12.8 Å². The third-order valence-corrected chi connectivity index (χ3v) is 1.72. The molecule has 0 amide bonds. The number of aromatic nitrogens is 2. The fourth-order valence-electron chi connectivity index (χ4n) is 0.967. The molecule has 0 aliphatic rings. The van der Waals surface area contributed by atoms with Gasteiger partial charge in [0.25, 0.3) is 5.56 Å². The number of nitrogens with one attached hydrogen (secondary N) is 1. The zero-order chi connectivity index (χ0) is 12.3. The van der Waals surface area contributed by atoms with Crippen LogP contribution in [0.1, 0.15) is 17.6 Å². The van der Waals surface area contributed by atoms with Crippen molar-refractivity contribution in [1.82, 2.24) is 9.55 Å². The van der Waals surface area contributed by atoms with Crippen LogP contribution in [0.3, 0.4) is 0 Å². The van der Waals surface area contributed by atoms with E-state index in [0.29, 0.717) is 10.8 Å². The van der Waals surface area contributed by atoms with Gasteiger partial charge in [0, 0.05) is 6.42 Å². The second-order valence-electron chi connectivity index (χ2n) is 2.89. The van der Waals surface area contributed by atoms with E-state index in [0.717, 1.165) is 0 Å². The predicted octanol–water partition coefficient (Wildman–Crippen LogP) is -0.819. The molecule has 2 N–H and O–H groups in total. The van der Waals surface area contributed by atoms with Crippen molar-refractivity contribution in [3.63, 3.8) is 0 Å². The van der Waals surface area contributed by atoms with E-state index in [2.05, 4.69) is 0 Å². The fraction of sp³-hybridized carbons (Fsp3) is 0.250. The van der Waals surface area contributed by atoms with Gasteiger partial charge in [0.05, 0.1) is 12.6 Å². The van der Waals surface area contributed by atoms with Gasteiger partial charge in [-0.2, -0.15) is 4.39 Å². The summed E-state index contributed by atoms with van der Waals surface area (Å²) in [4.78, 5) is 44.7. The molecule has 0 aliphatic carbocycles. The molecule has 1 aromatic heterocycles. The van der Waals surface area contributed by atoms with Gasteiger partial charge in [-0.1, -0.05) is 0 Å². The van der Waals surface area contributed by atoms with Gasteiger partial charge in [0.1, 0.15) is 0 Å². The lowest BCUT2D eigenvalue weighted by Crippen LogP contribution is -2.35. The quantitative estimate of drug-likeness (QED) is 0.705. The summed E-state index contributed by atoms with van der Waals surface area (Å²) in [7, 11) is 0. The summed E-state index contributed by atoms with van der Waals surface area (Å²) in [5.74, 6) is -3.41. The van der Waals surface area contributed by atoms with Crippen LogP contribution in [0, 0.1) is 5.82 Å². The first-order chi connectivity index (χ1) is 7.41. The van der Waals surface area contributed by atoms with Gasteiger partial charge < -0.3 is 5.11 Å². The Bertz CT molecular complexity index is 544. The fourth-order valence-corrected chi connectivity index (χ4v) is 0.967. The monoisotopic (exact) mass is 230 g/mol. The number of carboxylic acid groups (broad SMARTS) is 1. The maximum Gasteiger partial charge on any atom is 0.335 e. The largest absolute Gasteiger partial charge is 0.481 e. The van der Waals surface area contributed by atoms with Crippen LogP contribution in [0.4, 0.5) is 4.39 Å². The molecule has 0 unspecified atom stereocenters. The van der Waals surface area contributed by atoms with Crippen molar-refractivity contribution in [2.24, 2.45) is 0 Å². The predicted molar refractivity (Wildman–Crippen MR) is 48.8 cm³/mol. The molecule has 0 aromatic carbocycles. The number of aliphatic carboxylic acids is 1. The summed E-state index contributed by atoms with van der Waals surface area (Å²) in [6.45, 7) is 0. The van der Waals surface area contributed by atoms with Crippen LogP contribution in [0.2, 0.25) is 0 Å². The Kier molecular flexibility index (Phi) is 3.33. The molecule has 86 valence electrons. The van der Waals surface area contributed by atoms with Gasteiger partial charge in [0.15, 0.2) is 0 Å². The van der Waals surface area contributed by atoms with Gasteiger partial charge in [0.2, 0.25) is 11.7 Å². The molecule has 1 heterocycles. The summed E-state index contributed by atoms with van der Waals surface area (Å²) < 4.78 is 13.1. The molecule has 8 heteroatoms. The highest BCUT2D eigenvalue weighted by Gasteiger charge is 2.12. The maximum absolute atomic E-state index is 12.7. The summed E-state index contributed by atoms with van der Waals surface area (Å²) in [6.07, 6.45) is -0.502. The van der Waals surface area contributed by atoms with Crippen LogP contribution in [0.25, 0.3) is 0 Å². The number of H-pyrrole nitrogens is 1. The van der Waals surface area contributed by atoms with Crippen molar-refractivity contribution in [2.75, 3.05) is 0 Å². The summed E-state index contributed by atoms with van der Waals surface area (Å²) in [6, 6.07) is 0. The van der Waals surface area contributed by atoms with Gasteiger partial charge in [-0.15, -0.1) is 0 Å². The topological polar surface area (TPSA) is 109 Å².